The van der Waals surface area contributed by atoms with Gasteiger partial charge in [-0.3, -0.25) is 9.69 Å². The number of nitrogens with zero attached hydrogens (tertiary/aromatic N) is 1. The van der Waals surface area contributed by atoms with Crippen LogP contribution in [0.15, 0.2) is 18.2 Å². The van der Waals surface area contributed by atoms with Crippen LogP contribution in [0.1, 0.15) is 50.7 Å². The van der Waals surface area contributed by atoms with Crippen molar-refractivity contribution in [3.05, 3.63) is 29.3 Å². The zero-order valence-electron chi connectivity index (χ0n) is 15.6. The van der Waals surface area contributed by atoms with Crippen molar-refractivity contribution < 1.29 is 14.6 Å². The predicted octanol–water partition coefficient (Wildman–Crippen LogP) is 2.25. The first-order valence-electron chi connectivity index (χ1n) is 9.25. The third-order valence-electron chi connectivity index (χ3n) is 5.32. The van der Waals surface area contributed by atoms with Gasteiger partial charge in [-0.05, 0) is 63.3 Å². The van der Waals surface area contributed by atoms with E-state index in [1.54, 1.807) is 7.05 Å². The fourth-order valence-electron chi connectivity index (χ4n) is 3.94. The van der Waals surface area contributed by atoms with Gasteiger partial charge in [-0.2, -0.15) is 0 Å². The van der Waals surface area contributed by atoms with Gasteiger partial charge < -0.3 is 15.2 Å². The van der Waals surface area contributed by atoms with Gasteiger partial charge in [-0.15, -0.1) is 0 Å². The molecule has 1 fully saturated rings. The average molecular weight is 346 g/mol. The number of hydrogen-bond acceptors (Lipinski definition) is 4. The van der Waals surface area contributed by atoms with Crippen molar-refractivity contribution >= 4 is 5.91 Å². The maximum atomic E-state index is 11.7. The molecule has 1 aromatic carbocycles. The second kappa shape index (κ2) is 6.96. The number of nitrogens with one attached hydrogen (secondary N) is 1. The van der Waals surface area contributed by atoms with E-state index < -0.39 is 5.60 Å². The number of benzene rings is 1. The molecule has 25 heavy (non-hydrogen) atoms. The Morgan fingerprint density at radius 2 is 2.16 bits per heavy atom. The topological polar surface area (TPSA) is 61.8 Å². The van der Waals surface area contributed by atoms with Crippen LogP contribution in [-0.2, 0) is 17.8 Å². The lowest BCUT2D eigenvalue weighted by Gasteiger charge is -2.39. The molecule has 1 amide bonds. The van der Waals surface area contributed by atoms with Gasteiger partial charge >= 0.3 is 0 Å². The van der Waals surface area contributed by atoms with Crippen molar-refractivity contribution in [1.29, 1.82) is 0 Å². The Morgan fingerprint density at radius 3 is 2.92 bits per heavy atom. The van der Waals surface area contributed by atoms with Gasteiger partial charge in [0.25, 0.3) is 0 Å². The fraction of sp³-hybridized carbons (Fsp3) is 0.650. The minimum absolute atomic E-state index is 0.0856. The van der Waals surface area contributed by atoms with Crippen LogP contribution in [0, 0.1) is 0 Å². The molecule has 2 aliphatic rings. The number of piperidine rings is 1. The van der Waals surface area contributed by atoms with Crippen LogP contribution in [0.25, 0.3) is 0 Å². The monoisotopic (exact) mass is 346 g/mol. The van der Waals surface area contributed by atoms with E-state index in [0.717, 1.165) is 38.1 Å². The number of rotatable bonds is 4. The first-order chi connectivity index (χ1) is 11.8. The van der Waals surface area contributed by atoms with E-state index in [1.165, 1.54) is 11.1 Å². The zero-order chi connectivity index (χ0) is 18.1. The highest BCUT2D eigenvalue weighted by atomic mass is 16.5. The number of fused-ring (bicyclic) bond motifs is 1. The zero-order valence-corrected chi connectivity index (χ0v) is 15.6. The smallest absolute Gasteiger partial charge is 0.222 e. The summed E-state index contributed by atoms with van der Waals surface area (Å²) in [7, 11) is 1.61. The first kappa shape index (κ1) is 18.2. The van der Waals surface area contributed by atoms with E-state index in [4.69, 9.17) is 4.74 Å². The number of amides is 1. The number of aliphatic hydroxyl groups is 1. The molecule has 2 heterocycles. The number of ether oxygens (including phenoxy) is 1. The third kappa shape index (κ3) is 4.53. The summed E-state index contributed by atoms with van der Waals surface area (Å²) in [6, 6.07) is 6.43. The highest BCUT2D eigenvalue weighted by Crippen LogP contribution is 2.34. The molecular weight excluding hydrogens is 316 g/mol. The Balaban J connectivity index is 1.65. The van der Waals surface area contributed by atoms with E-state index in [-0.39, 0.29) is 17.9 Å². The average Bonchev–Trinajstić information content (AvgIpc) is 2.54. The van der Waals surface area contributed by atoms with Gasteiger partial charge in [-0.25, -0.2) is 0 Å². The lowest BCUT2D eigenvalue weighted by molar-refractivity contribution is -0.128. The molecule has 0 saturated carbocycles. The molecular formula is C20H30N2O3. The van der Waals surface area contributed by atoms with Gasteiger partial charge in [0.15, 0.2) is 0 Å². The minimum Gasteiger partial charge on any atom is -0.488 e. The highest BCUT2D eigenvalue weighted by Gasteiger charge is 2.35. The third-order valence-corrected chi connectivity index (χ3v) is 5.32. The summed E-state index contributed by atoms with van der Waals surface area (Å²) in [6.07, 6.45) is 3.84. The largest absolute Gasteiger partial charge is 0.488 e. The van der Waals surface area contributed by atoms with Crippen molar-refractivity contribution in [1.82, 2.24) is 10.2 Å². The van der Waals surface area contributed by atoms with Crippen LogP contribution in [0.3, 0.4) is 0 Å². The molecule has 2 N–H and O–H groups in total. The molecule has 3 rings (SSSR count). The van der Waals surface area contributed by atoms with E-state index in [1.807, 2.05) is 0 Å². The normalized spacial score (nSPS) is 25.8. The minimum atomic E-state index is -0.917. The molecule has 0 spiro atoms. The van der Waals surface area contributed by atoms with Gasteiger partial charge in [0, 0.05) is 20.1 Å². The van der Waals surface area contributed by atoms with E-state index in [2.05, 4.69) is 42.3 Å². The molecule has 0 bridgehead atoms. The van der Waals surface area contributed by atoms with Crippen LogP contribution in [0.2, 0.25) is 0 Å². The molecule has 1 unspecified atom stereocenters. The number of likely N-dealkylation sites (tertiary alicyclic amines) is 1. The SMILES string of the molecule is CNC(=O)CC1(O)CCCN(Cc2ccc3c(c2)CCC(C)(C)O3)C1. The van der Waals surface area contributed by atoms with Crippen LogP contribution in [-0.4, -0.2) is 47.3 Å². The van der Waals surface area contributed by atoms with Crippen LogP contribution in [0.4, 0.5) is 0 Å². The van der Waals surface area contributed by atoms with E-state index >= 15 is 0 Å². The first-order valence-corrected chi connectivity index (χ1v) is 9.25. The Morgan fingerprint density at radius 1 is 1.36 bits per heavy atom. The molecule has 1 saturated heterocycles. The summed E-state index contributed by atoms with van der Waals surface area (Å²) < 4.78 is 6.06. The summed E-state index contributed by atoms with van der Waals surface area (Å²) in [5, 5.41) is 13.4. The lowest BCUT2D eigenvalue weighted by Crippen LogP contribution is -2.49. The summed E-state index contributed by atoms with van der Waals surface area (Å²) in [6.45, 7) is 6.56. The Kier molecular flexibility index (Phi) is 5.07. The summed E-state index contributed by atoms with van der Waals surface area (Å²) in [5.41, 5.74) is 1.51. The van der Waals surface area contributed by atoms with Gasteiger partial charge in [-0.1, -0.05) is 12.1 Å². The molecule has 138 valence electrons. The molecule has 1 aromatic rings. The number of β-amino-alcohol motifs (C(OH)–C–C–N with tert-alkyl or cyclic N) is 1. The second-order valence-electron chi connectivity index (χ2n) is 8.19. The predicted molar refractivity (Wildman–Crippen MR) is 97.6 cm³/mol. The molecule has 0 aromatic heterocycles. The Bertz CT molecular complexity index is 644. The Hall–Kier alpha value is -1.59. The number of carbonyl (C=O) groups is 1. The number of aryl methyl sites for hydroxylation is 1. The van der Waals surface area contributed by atoms with Crippen molar-refractivity contribution in [2.24, 2.45) is 0 Å². The number of hydrogen-bond donors (Lipinski definition) is 2. The molecule has 0 radical (unpaired) electrons. The maximum absolute atomic E-state index is 11.7. The van der Waals surface area contributed by atoms with Crippen LogP contribution in [0.5, 0.6) is 5.75 Å². The summed E-state index contributed by atoms with van der Waals surface area (Å²) in [5.74, 6) is 0.896. The van der Waals surface area contributed by atoms with Crippen molar-refractivity contribution in [2.45, 2.75) is 63.7 Å². The summed E-state index contributed by atoms with van der Waals surface area (Å²) in [4.78, 5) is 13.9. The van der Waals surface area contributed by atoms with E-state index in [9.17, 15) is 9.90 Å². The fourth-order valence-corrected chi connectivity index (χ4v) is 3.94. The van der Waals surface area contributed by atoms with Crippen LogP contribution < -0.4 is 10.1 Å². The molecule has 5 nitrogen and oxygen atoms in total. The van der Waals surface area contributed by atoms with Crippen molar-refractivity contribution in [3.8, 4) is 5.75 Å². The van der Waals surface area contributed by atoms with Crippen LogP contribution >= 0.6 is 0 Å². The van der Waals surface area contributed by atoms with E-state index in [0.29, 0.717) is 13.0 Å². The molecule has 5 heteroatoms. The van der Waals surface area contributed by atoms with Gasteiger partial charge in [0.05, 0.1) is 12.0 Å². The van der Waals surface area contributed by atoms with Gasteiger partial charge in [0.1, 0.15) is 11.4 Å². The van der Waals surface area contributed by atoms with Crippen molar-refractivity contribution in [3.63, 3.8) is 0 Å². The number of carbonyl (C=O) groups excluding carboxylic acids is 1. The summed E-state index contributed by atoms with van der Waals surface area (Å²) >= 11 is 0. The highest BCUT2D eigenvalue weighted by molar-refractivity contribution is 5.76. The molecule has 1 atom stereocenters. The Labute approximate surface area is 150 Å². The second-order valence-corrected chi connectivity index (χ2v) is 8.19. The van der Waals surface area contributed by atoms with Crippen molar-refractivity contribution in [2.75, 3.05) is 20.1 Å². The maximum Gasteiger partial charge on any atom is 0.222 e. The molecule has 2 aliphatic heterocycles. The standard InChI is InChI=1S/C20H30N2O3/c1-19(2)9-7-16-11-15(5-6-17(16)25-19)13-22-10-4-8-20(24,14-22)12-18(23)21-3/h5-6,11,24H,4,7-10,12-14H2,1-3H3,(H,21,23). The quantitative estimate of drug-likeness (QED) is 0.878. The lowest BCUT2D eigenvalue weighted by atomic mass is 9.88. The molecule has 0 aliphatic carbocycles. The van der Waals surface area contributed by atoms with Gasteiger partial charge in [0.2, 0.25) is 5.91 Å².